The molecule has 1 rings (SSSR count). The molecule has 0 amide bonds. The van der Waals surface area contributed by atoms with Crippen LogP contribution in [0.15, 0.2) is 12.1 Å². The summed E-state index contributed by atoms with van der Waals surface area (Å²) in [5, 5.41) is 0. The summed E-state index contributed by atoms with van der Waals surface area (Å²) in [7, 11) is 0. The van der Waals surface area contributed by atoms with Crippen molar-refractivity contribution in [3.05, 3.63) is 17.7 Å². The average Bonchev–Trinajstić information content (AvgIpc) is 2.42. The maximum absolute atomic E-state index is 11.8. The number of ketones is 1. The van der Waals surface area contributed by atoms with Crippen LogP contribution in [0.5, 0.6) is 17.2 Å². The summed E-state index contributed by atoms with van der Waals surface area (Å²) < 4.78 is 16.6. The number of hydrogen-bond donors (Lipinski definition) is 0. The van der Waals surface area contributed by atoms with Crippen molar-refractivity contribution >= 4 is 17.4 Å². The van der Waals surface area contributed by atoms with Gasteiger partial charge >= 0.3 is 0 Å². The highest BCUT2D eigenvalue weighted by molar-refractivity contribution is 6.30. The fraction of sp³-hybridized carbons (Fsp3) is 0.500. The molecule has 0 unspecified atom stereocenters. The minimum Gasteiger partial charge on any atom is -0.490 e. The summed E-state index contributed by atoms with van der Waals surface area (Å²) in [5.74, 6) is 1.13. The molecule has 0 aromatic heterocycles. The third kappa shape index (κ3) is 3.77. The third-order valence-corrected chi connectivity index (χ3v) is 2.62. The molecule has 5 heteroatoms. The van der Waals surface area contributed by atoms with Crippen molar-refractivity contribution in [1.82, 2.24) is 0 Å². The van der Waals surface area contributed by atoms with Crippen LogP contribution in [0.3, 0.4) is 0 Å². The number of hydrogen-bond acceptors (Lipinski definition) is 4. The van der Waals surface area contributed by atoms with Gasteiger partial charge in [0.2, 0.25) is 5.75 Å². The molecule has 0 fully saturated rings. The van der Waals surface area contributed by atoms with Crippen LogP contribution in [0.4, 0.5) is 0 Å². The Morgan fingerprint density at radius 1 is 1.00 bits per heavy atom. The molecule has 0 saturated heterocycles. The van der Waals surface area contributed by atoms with E-state index in [1.54, 1.807) is 12.1 Å². The summed E-state index contributed by atoms with van der Waals surface area (Å²) >= 11 is 5.61. The zero-order valence-electron chi connectivity index (χ0n) is 11.5. The molecule has 0 atom stereocenters. The van der Waals surface area contributed by atoms with Crippen molar-refractivity contribution in [3.8, 4) is 17.2 Å². The van der Waals surface area contributed by atoms with Crippen molar-refractivity contribution in [1.29, 1.82) is 0 Å². The molecular weight excluding hydrogens is 268 g/mol. The molecule has 106 valence electrons. The van der Waals surface area contributed by atoms with E-state index >= 15 is 0 Å². The SMILES string of the molecule is CCOc1ccc(C(=O)CCl)c(OCC)c1OCC. The van der Waals surface area contributed by atoms with Gasteiger partial charge in [-0.25, -0.2) is 0 Å². The number of carbonyl (C=O) groups excluding carboxylic acids is 1. The van der Waals surface area contributed by atoms with Gasteiger partial charge in [0.25, 0.3) is 0 Å². The molecule has 0 heterocycles. The Morgan fingerprint density at radius 3 is 2.11 bits per heavy atom. The molecule has 0 saturated carbocycles. The third-order valence-electron chi connectivity index (χ3n) is 2.37. The molecule has 0 radical (unpaired) electrons. The lowest BCUT2D eigenvalue weighted by Crippen LogP contribution is -2.09. The topological polar surface area (TPSA) is 44.8 Å². The van der Waals surface area contributed by atoms with E-state index in [0.29, 0.717) is 42.6 Å². The first kappa shape index (κ1) is 15.6. The van der Waals surface area contributed by atoms with Crippen LogP contribution in [0.1, 0.15) is 31.1 Å². The lowest BCUT2D eigenvalue weighted by molar-refractivity contribution is 0.101. The summed E-state index contributed by atoms with van der Waals surface area (Å²) in [6.07, 6.45) is 0. The first-order valence-corrected chi connectivity index (χ1v) is 6.87. The maximum atomic E-state index is 11.8. The van der Waals surface area contributed by atoms with E-state index in [9.17, 15) is 4.79 Å². The zero-order valence-corrected chi connectivity index (χ0v) is 12.3. The second-order valence-corrected chi connectivity index (χ2v) is 3.89. The first-order valence-electron chi connectivity index (χ1n) is 6.34. The highest BCUT2D eigenvalue weighted by Gasteiger charge is 2.21. The van der Waals surface area contributed by atoms with E-state index in [4.69, 9.17) is 25.8 Å². The van der Waals surface area contributed by atoms with E-state index in [2.05, 4.69) is 0 Å². The first-order chi connectivity index (χ1) is 9.19. The van der Waals surface area contributed by atoms with Crippen molar-refractivity contribution < 1.29 is 19.0 Å². The van der Waals surface area contributed by atoms with E-state index in [0.717, 1.165) is 0 Å². The Morgan fingerprint density at radius 2 is 1.58 bits per heavy atom. The van der Waals surface area contributed by atoms with Gasteiger partial charge in [0.15, 0.2) is 17.3 Å². The lowest BCUT2D eigenvalue weighted by Gasteiger charge is -2.17. The van der Waals surface area contributed by atoms with Gasteiger partial charge in [0, 0.05) is 0 Å². The summed E-state index contributed by atoms with van der Waals surface area (Å²) in [4.78, 5) is 11.8. The van der Waals surface area contributed by atoms with Crippen molar-refractivity contribution in [2.24, 2.45) is 0 Å². The Kier molecular flexibility index (Phi) is 6.50. The van der Waals surface area contributed by atoms with Crippen LogP contribution in [-0.4, -0.2) is 31.5 Å². The van der Waals surface area contributed by atoms with E-state index in [-0.39, 0.29) is 11.7 Å². The second kappa shape index (κ2) is 7.89. The minimum absolute atomic E-state index is 0.0976. The van der Waals surface area contributed by atoms with Gasteiger partial charge in [-0.1, -0.05) is 0 Å². The van der Waals surface area contributed by atoms with Gasteiger partial charge in [-0.05, 0) is 32.9 Å². The van der Waals surface area contributed by atoms with E-state index < -0.39 is 0 Å². The fourth-order valence-corrected chi connectivity index (χ4v) is 1.82. The molecule has 0 aliphatic carbocycles. The van der Waals surface area contributed by atoms with Crippen LogP contribution in [0, 0.1) is 0 Å². The molecule has 1 aromatic carbocycles. The van der Waals surface area contributed by atoms with Crippen LogP contribution in [0.2, 0.25) is 0 Å². The van der Waals surface area contributed by atoms with Crippen LogP contribution < -0.4 is 14.2 Å². The predicted octanol–water partition coefficient (Wildman–Crippen LogP) is 3.30. The maximum Gasteiger partial charge on any atom is 0.204 e. The van der Waals surface area contributed by atoms with Crippen molar-refractivity contribution in [2.45, 2.75) is 20.8 Å². The van der Waals surface area contributed by atoms with Crippen molar-refractivity contribution in [3.63, 3.8) is 0 Å². The summed E-state index contributed by atoms with van der Waals surface area (Å²) in [5.41, 5.74) is 0.420. The fourth-order valence-electron chi connectivity index (χ4n) is 1.67. The number of alkyl halides is 1. The minimum atomic E-state index is -0.200. The predicted molar refractivity (Wildman–Crippen MR) is 75.0 cm³/mol. The van der Waals surface area contributed by atoms with E-state index in [1.165, 1.54) is 0 Å². The largest absolute Gasteiger partial charge is 0.490 e. The molecule has 0 aliphatic heterocycles. The van der Waals surface area contributed by atoms with Gasteiger partial charge in [0.05, 0.1) is 31.3 Å². The molecule has 0 spiro atoms. The number of Topliss-reactive ketones (excluding diaryl/α,β-unsaturated/α-hetero) is 1. The molecule has 4 nitrogen and oxygen atoms in total. The Labute approximate surface area is 118 Å². The standard InChI is InChI=1S/C14H19ClO4/c1-4-17-12-8-7-10(11(16)9-15)13(18-5-2)14(12)19-6-3/h7-8H,4-6,9H2,1-3H3. The van der Waals surface area contributed by atoms with Gasteiger partial charge in [-0.3, -0.25) is 4.79 Å². The van der Waals surface area contributed by atoms with Gasteiger partial charge in [-0.2, -0.15) is 0 Å². The average molecular weight is 287 g/mol. The lowest BCUT2D eigenvalue weighted by atomic mass is 10.1. The Balaban J connectivity index is 3.34. The normalized spacial score (nSPS) is 10.1. The summed E-state index contributed by atoms with van der Waals surface area (Å²) in [6, 6.07) is 3.36. The van der Waals surface area contributed by atoms with E-state index in [1.807, 2.05) is 20.8 Å². The Bertz CT molecular complexity index is 432. The van der Waals surface area contributed by atoms with Crippen LogP contribution in [-0.2, 0) is 0 Å². The molecule has 0 N–H and O–H groups in total. The molecule has 0 aliphatic rings. The molecule has 19 heavy (non-hydrogen) atoms. The zero-order chi connectivity index (χ0) is 14.3. The van der Waals surface area contributed by atoms with Gasteiger partial charge in [-0.15, -0.1) is 11.6 Å². The smallest absolute Gasteiger partial charge is 0.204 e. The van der Waals surface area contributed by atoms with Gasteiger partial charge in [0.1, 0.15) is 0 Å². The second-order valence-electron chi connectivity index (χ2n) is 3.63. The number of carbonyl (C=O) groups is 1. The molecular formula is C14H19ClO4. The molecule has 1 aromatic rings. The highest BCUT2D eigenvalue weighted by atomic mass is 35.5. The van der Waals surface area contributed by atoms with Crippen LogP contribution >= 0.6 is 11.6 Å². The number of ether oxygens (including phenoxy) is 3. The number of halogens is 1. The quantitative estimate of drug-likeness (QED) is 0.543. The van der Waals surface area contributed by atoms with Gasteiger partial charge < -0.3 is 14.2 Å². The number of rotatable bonds is 8. The van der Waals surface area contributed by atoms with Crippen LogP contribution in [0.25, 0.3) is 0 Å². The number of benzene rings is 1. The monoisotopic (exact) mass is 286 g/mol. The Hall–Kier alpha value is -1.42. The molecule has 0 bridgehead atoms. The summed E-state index contributed by atoms with van der Waals surface area (Å²) in [6.45, 7) is 6.98. The van der Waals surface area contributed by atoms with Crippen molar-refractivity contribution in [2.75, 3.05) is 25.7 Å². The highest BCUT2D eigenvalue weighted by Crippen LogP contribution is 2.40.